The number of carbonyl (C=O) groups is 1. The second kappa shape index (κ2) is 4.65. The van der Waals surface area contributed by atoms with Gasteiger partial charge in [-0.25, -0.2) is 0 Å². The molecule has 0 bridgehead atoms. The van der Waals surface area contributed by atoms with Crippen molar-refractivity contribution < 1.29 is 9.90 Å². The quantitative estimate of drug-likeness (QED) is 0.424. The number of rotatable bonds is 3. The highest BCUT2D eigenvalue weighted by Gasteiger charge is 1.91. The lowest BCUT2D eigenvalue weighted by Gasteiger charge is -1.96. The van der Waals surface area contributed by atoms with E-state index in [0.717, 1.165) is 0 Å². The molecule has 0 spiro atoms. The van der Waals surface area contributed by atoms with E-state index < -0.39 is 0 Å². The van der Waals surface area contributed by atoms with Gasteiger partial charge in [0.1, 0.15) is 7.85 Å². The van der Waals surface area contributed by atoms with E-state index in [1.165, 1.54) is 0 Å². The standard InChI is InChI=1S/C4H10BNO2/c5-3-4(8)6-1-2-7/h7H,1-3,5H2,(H,6,8). The van der Waals surface area contributed by atoms with Gasteiger partial charge in [-0.15, -0.1) is 0 Å². The van der Waals surface area contributed by atoms with Crippen LogP contribution in [0.25, 0.3) is 0 Å². The van der Waals surface area contributed by atoms with Crippen molar-refractivity contribution in [3.05, 3.63) is 0 Å². The Morgan fingerprint density at radius 2 is 2.38 bits per heavy atom. The zero-order chi connectivity index (χ0) is 6.41. The van der Waals surface area contributed by atoms with E-state index in [2.05, 4.69) is 5.32 Å². The van der Waals surface area contributed by atoms with Crippen LogP contribution in [0, 0.1) is 0 Å². The van der Waals surface area contributed by atoms with Crippen LogP contribution in [0.15, 0.2) is 0 Å². The molecule has 0 aromatic heterocycles. The van der Waals surface area contributed by atoms with Gasteiger partial charge in [0.15, 0.2) is 0 Å². The lowest BCUT2D eigenvalue weighted by molar-refractivity contribution is -0.119. The SMILES string of the molecule is BCC(=O)NCCO. The third-order valence-corrected chi connectivity index (χ3v) is 0.755. The van der Waals surface area contributed by atoms with Gasteiger partial charge in [-0.2, -0.15) is 0 Å². The Balaban J connectivity index is 2.99. The maximum Gasteiger partial charge on any atom is 0.212 e. The zero-order valence-corrected chi connectivity index (χ0v) is 4.98. The zero-order valence-electron chi connectivity index (χ0n) is 4.98. The highest BCUT2D eigenvalue weighted by atomic mass is 16.3. The molecule has 0 unspecified atom stereocenters. The van der Waals surface area contributed by atoms with Gasteiger partial charge >= 0.3 is 0 Å². The Morgan fingerprint density at radius 1 is 1.75 bits per heavy atom. The van der Waals surface area contributed by atoms with Gasteiger partial charge in [-0.3, -0.25) is 4.79 Å². The van der Waals surface area contributed by atoms with E-state index in [1.54, 1.807) is 7.85 Å². The highest BCUT2D eigenvalue weighted by Crippen LogP contribution is 1.68. The molecule has 1 amide bonds. The van der Waals surface area contributed by atoms with Crippen molar-refractivity contribution in [2.75, 3.05) is 13.2 Å². The summed E-state index contributed by atoms with van der Waals surface area (Å²) in [6, 6.07) is 0. The van der Waals surface area contributed by atoms with Crippen molar-refractivity contribution in [3.63, 3.8) is 0 Å². The summed E-state index contributed by atoms with van der Waals surface area (Å²) >= 11 is 0. The van der Waals surface area contributed by atoms with Crippen LogP contribution in [0.3, 0.4) is 0 Å². The largest absolute Gasteiger partial charge is 0.395 e. The molecule has 8 heavy (non-hydrogen) atoms. The lowest BCUT2D eigenvalue weighted by atomic mass is 10.1. The van der Waals surface area contributed by atoms with Crippen molar-refractivity contribution in [1.29, 1.82) is 0 Å². The predicted octanol–water partition coefficient (Wildman–Crippen LogP) is -1.85. The first kappa shape index (κ1) is 7.49. The molecule has 0 heterocycles. The first-order chi connectivity index (χ1) is 3.81. The van der Waals surface area contributed by atoms with E-state index in [1.807, 2.05) is 0 Å². The number of amides is 1. The molecule has 0 saturated heterocycles. The Bertz CT molecular complexity index is 76.4. The molecule has 0 aliphatic carbocycles. The van der Waals surface area contributed by atoms with E-state index in [4.69, 9.17) is 5.11 Å². The number of aliphatic hydroxyl groups excluding tert-OH is 1. The minimum absolute atomic E-state index is 0.0148. The molecular weight excluding hydrogens is 105 g/mol. The van der Waals surface area contributed by atoms with Crippen LogP contribution in [0.2, 0.25) is 6.32 Å². The van der Waals surface area contributed by atoms with Gasteiger partial charge in [0.25, 0.3) is 0 Å². The third-order valence-electron chi connectivity index (χ3n) is 0.755. The maximum absolute atomic E-state index is 10.3. The molecule has 0 aliphatic rings. The fourth-order valence-corrected chi connectivity index (χ4v) is 0.320. The normalized spacial score (nSPS) is 8.62. The van der Waals surface area contributed by atoms with Crippen molar-refractivity contribution in [2.24, 2.45) is 0 Å². The van der Waals surface area contributed by atoms with Crippen LogP contribution in [0.1, 0.15) is 0 Å². The molecule has 3 nitrogen and oxygen atoms in total. The first-order valence-electron chi connectivity index (χ1n) is 2.68. The minimum atomic E-state index is -0.0148. The monoisotopic (exact) mass is 115 g/mol. The van der Waals surface area contributed by atoms with Crippen molar-refractivity contribution in [2.45, 2.75) is 6.32 Å². The fraction of sp³-hybridized carbons (Fsp3) is 0.750. The second-order valence-electron chi connectivity index (χ2n) is 1.43. The molecule has 4 heteroatoms. The molecule has 0 atom stereocenters. The van der Waals surface area contributed by atoms with Crippen molar-refractivity contribution in [3.8, 4) is 0 Å². The summed E-state index contributed by atoms with van der Waals surface area (Å²) < 4.78 is 0. The van der Waals surface area contributed by atoms with Crippen LogP contribution >= 0.6 is 0 Å². The Morgan fingerprint density at radius 3 is 2.75 bits per heavy atom. The summed E-state index contributed by atoms with van der Waals surface area (Å²) in [4.78, 5) is 10.3. The van der Waals surface area contributed by atoms with Crippen LogP contribution in [-0.4, -0.2) is 32.0 Å². The molecule has 0 radical (unpaired) electrons. The average molecular weight is 115 g/mol. The molecule has 0 aliphatic heterocycles. The van der Waals surface area contributed by atoms with Gasteiger partial charge in [0.2, 0.25) is 5.91 Å². The Kier molecular flexibility index (Phi) is 4.36. The lowest BCUT2D eigenvalue weighted by Crippen LogP contribution is -2.25. The van der Waals surface area contributed by atoms with Crippen LogP contribution in [0.4, 0.5) is 0 Å². The summed E-state index contributed by atoms with van der Waals surface area (Å²) in [5, 5.41) is 10.7. The molecule has 0 saturated carbocycles. The summed E-state index contributed by atoms with van der Waals surface area (Å²) in [5.41, 5.74) is 0. The average Bonchev–Trinajstić information content (AvgIpc) is 1.83. The molecule has 46 valence electrons. The molecular formula is C4H10BNO2. The van der Waals surface area contributed by atoms with Gasteiger partial charge in [0, 0.05) is 6.54 Å². The highest BCUT2D eigenvalue weighted by molar-refractivity contribution is 6.19. The predicted molar refractivity (Wildman–Crippen MR) is 33.4 cm³/mol. The summed E-state index contributed by atoms with van der Waals surface area (Å²) in [7, 11) is 1.77. The molecule has 0 rings (SSSR count). The summed E-state index contributed by atoms with van der Waals surface area (Å²) in [6.07, 6.45) is 0.486. The topological polar surface area (TPSA) is 49.3 Å². The van der Waals surface area contributed by atoms with Crippen LogP contribution in [0.5, 0.6) is 0 Å². The van der Waals surface area contributed by atoms with Crippen LogP contribution < -0.4 is 5.32 Å². The van der Waals surface area contributed by atoms with E-state index >= 15 is 0 Å². The van der Waals surface area contributed by atoms with Gasteiger partial charge in [0.05, 0.1) is 6.61 Å². The fourth-order valence-electron chi connectivity index (χ4n) is 0.320. The minimum Gasteiger partial charge on any atom is -0.395 e. The van der Waals surface area contributed by atoms with Crippen molar-refractivity contribution in [1.82, 2.24) is 5.32 Å². The van der Waals surface area contributed by atoms with Gasteiger partial charge in [-0.05, 0) is 6.32 Å². The molecule has 0 aromatic carbocycles. The number of aliphatic hydroxyl groups is 1. The number of carbonyl (C=O) groups excluding carboxylic acids is 1. The number of hydrogen-bond acceptors (Lipinski definition) is 2. The second-order valence-corrected chi connectivity index (χ2v) is 1.43. The molecule has 0 fully saturated rings. The summed E-state index contributed by atoms with van der Waals surface area (Å²) in [6.45, 7) is 0.387. The summed E-state index contributed by atoms with van der Waals surface area (Å²) in [5.74, 6) is -0.0148. The van der Waals surface area contributed by atoms with E-state index in [-0.39, 0.29) is 12.5 Å². The van der Waals surface area contributed by atoms with E-state index in [9.17, 15) is 4.79 Å². The molecule has 0 aromatic rings. The van der Waals surface area contributed by atoms with Gasteiger partial charge < -0.3 is 10.4 Å². The number of nitrogens with one attached hydrogen (secondary N) is 1. The van der Waals surface area contributed by atoms with Gasteiger partial charge in [-0.1, -0.05) is 0 Å². The third kappa shape index (κ3) is 3.68. The smallest absolute Gasteiger partial charge is 0.212 e. The van der Waals surface area contributed by atoms with E-state index in [0.29, 0.717) is 12.9 Å². The van der Waals surface area contributed by atoms with Crippen LogP contribution in [-0.2, 0) is 4.79 Å². The Labute approximate surface area is 49.5 Å². The number of hydrogen-bond donors (Lipinski definition) is 2. The van der Waals surface area contributed by atoms with Crippen molar-refractivity contribution >= 4 is 13.8 Å². The first-order valence-corrected chi connectivity index (χ1v) is 2.68. The Hall–Kier alpha value is -0.505. The molecule has 2 N–H and O–H groups in total. The maximum atomic E-state index is 10.3.